The van der Waals surface area contributed by atoms with Gasteiger partial charge in [0.1, 0.15) is 17.1 Å². The van der Waals surface area contributed by atoms with E-state index >= 15 is 0 Å². The number of pyridine rings is 1. The van der Waals surface area contributed by atoms with Crippen LogP contribution in [0.1, 0.15) is 17.2 Å². The second-order valence-corrected chi connectivity index (χ2v) is 8.27. The van der Waals surface area contributed by atoms with Crippen LogP contribution in [-0.2, 0) is 0 Å². The number of para-hydroxylation sites is 1. The number of fused-ring (bicyclic) bond motifs is 2. The number of benzene rings is 2. The van der Waals surface area contributed by atoms with Crippen molar-refractivity contribution in [3.63, 3.8) is 0 Å². The van der Waals surface area contributed by atoms with E-state index < -0.39 is 0 Å². The molecule has 28 heavy (non-hydrogen) atoms. The first-order valence-electron chi connectivity index (χ1n) is 10.1. The molecule has 3 aromatic rings. The molecular formula is C24H27N3O. The van der Waals surface area contributed by atoms with Gasteiger partial charge >= 0.3 is 0 Å². The Kier molecular flexibility index (Phi) is 4.24. The van der Waals surface area contributed by atoms with Crippen LogP contribution in [0.5, 0.6) is 5.75 Å². The molecule has 0 unspecified atom stereocenters. The van der Waals surface area contributed by atoms with Gasteiger partial charge in [0.05, 0.1) is 7.11 Å². The third kappa shape index (κ3) is 2.75. The molecule has 0 amide bonds. The van der Waals surface area contributed by atoms with Gasteiger partial charge in [0.2, 0.25) is 0 Å². The zero-order chi connectivity index (χ0) is 19.3. The maximum atomic E-state index is 5.53. The highest BCUT2D eigenvalue weighted by atomic mass is 16.5. The number of hydrogen-bond donors (Lipinski definition) is 0. The van der Waals surface area contributed by atoms with E-state index in [9.17, 15) is 0 Å². The van der Waals surface area contributed by atoms with E-state index in [1.807, 2.05) is 12.1 Å². The Balaban J connectivity index is 1.46. The van der Waals surface area contributed by atoms with Crippen molar-refractivity contribution in [1.29, 1.82) is 0 Å². The van der Waals surface area contributed by atoms with Crippen LogP contribution in [0.3, 0.4) is 0 Å². The fourth-order valence-corrected chi connectivity index (χ4v) is 5.28. The highest BCUT2D eigenvalue weighted by Gasteiger charge is 2.46. The zero-order valence-corrected chi connectivity index (χ0v) is 16.8. The Labute approximate surface area is 166 Å². The second kappa shape index (κ2) is 6.78. The quantitative estimate of drug-likeness (QED) is 0.685. The second-order valence-electron chi connectivity index (χ2n) is 8.27. The van der Waals surface area contributed by atoms with Crippen molar-refractivity contribution in [2.75, 3.05) is 38.7 Å². The minimum absolute atomic E-state index is 0.492. The van der Waals surface area contributed by atoms with Gasteiger partial charge in [-0.15, -0.1) is 0 Å². The summed E-state index contributed by atoms with van der Waals surface area (Å²) in [6, 6.07) is 19.8. The lowest BCUT2D eigenvalue weighted by Gasteiger charge is -2.28. The highest BCUT2D eigenvalue weighted by molar-refractivity contribution is 5.86. The Hall–Kier alpha value is -2.59. The standard InChI is InChI=1S/C24H27N3O/c1-16-7-4-5-9-19(16)24-20-15-27(14-18(20)13-26(24)2)22-12-11-17-8-6-10-21(28-3)23(17)25-22/h4-12,18,20,24H,13-15H2,1-3H3/t18-,20+,24-/m0/s1. The summed E-state index contributed by atoms with van der Waals surface area (Å²) in [4.78, 5) is 10.00. The van der Waals surface area contributed by atoms with Gasteiger partial charge in [-0.25, -0.2) is 4.98 Å². The summed E-state index contributed by atoms with van der Waals surface area (Å²) in [7, 11) is 3.99. The van der Waals surface area contributed by atoms with Gasteiger partial charge in [-0.1, -0.05) is 36.4 Å². The number of rotatable bonds is 3. The SMILES string of the molecule is COc1cccc2ccc(N3C[C@@H]4CN(C)[C@@H](c5ccccc5C)[C@@H]4C3)nc12. The molecule has 1 aromatic heterocycles. The van der Waals surface area contributed by atoms with Crippen LogP contribution < -0.4 is 9.64 Å². The van der Waals surface area contributed by atoms with Gasteiger partial charge in [0, 0.05) is 37.0 Å². The maximum absolute atomic E-state index is 5.53. The summed E-state index contributed by atoms with van der Waals surface area (Å²) in [6.45, 7) is 5.52. The Morgan fingerprint density at radius 3 is 2.64 bits per heavy atom. The topological polar surface area (TPSA) is 28.6 Å². The summed E-state index contributed by atoms with van der Waals surface area (Å²) >= 11 is 0. The van der Waals surface area contributed by atoms with Gasteiger partial charge in [-0.05, 0) is 49.2 Å². The monoisotopic (exact) mass is 373 g/mol. The third-order valence-corrected chi connectivity index (χ3v) is 6.61. The average Bonchev–Trinajstić information content (AvgIpc) is 3.24. The predicted octanol–water partition coefficient (Wildman–Crippen LogP) is 4.29. The first-order valence-corrected chi connectivity index (χ1v) is 10.1. The Morgan fingerprint density at radius 2 is 1.82 bits per heavy atom. The van der Waals surface area contributed by atoms with E-state index in [2.05, 4.69) is 66.2 Å². The highest BCUT2D eigenvalue weighted by Crippen LogP contribution is 2.45. The molecule has 0 spiro atoms. The third-order valence-electron chi connectivity index (χ3n) is 6.61. The molecule has 3 heterocycles. The van der Waals surface area contributed by atoms with Crippen molar-refractivity contribution in [2.24, 2.45) is 11.8 Å². The molecule has 5 rings (SSSR count). The molecule has 0 bridgehead atoms. The van der Waals surface area contributed by atoms with Gasteiger partial charge < -0.3 is 9.64 Å². The molecule has 2 fully saturated rings. The Bertz CT molecular complexity index is 1020. The van der Waals surface area contributed by atoms with Crippen LogP contribution in [0.25, 0.3) is 10.9 Å². The summed E-state index contributed by atoms with van der Waals surface area (Å²) in [5.74, 6) is 3.24. The molecule has 2 aliphatic heterocycles. The molecule has 4 nitrogen and oxygen atoms in total. The number of ether oxygens (including phenoxy) is 1. The molecule has 2 aliphatic rings. The number of aryl methyl sites for hydroxylation is 1. The molecule has 0 N–H and O–H groups in total. The number of aromatic nitrogens is 1. The number of likely N-dealkylation sites (tertiary alicyclic amines) is 1. The maximum Gasteiger partial charge on any atom is 0.145 e. The normalized spacial score (nSPS) is 24.7. The fourth-order valence-electron chi connectivity index (χ4n) is 5.28. The first kappa shape index (κ1) is 17.5. The van der Waals surface area contributed by atoms with Gasteiger partial charge in [0.25, 0.3) is 0 Å². The van der Waals surface area contributed by atoms with Crippen molar-refractivity contribution >= 4 is 16.7 Å². The molecule has 2 saturated heterocycles. The largest absolute Gasteiger partial charge is 0.494 e. The minimum atomic E-state index is 0.492. The zero-order valence-electron chi connectivity index (χ0n) is 16.8. The molecule has 3 atom stereocenters. The number of hydrogen-bond acceptors (Lipinski definition) is 4. The van der Waals surface area contributed by atoms with Gasteiger partial charge in [0.15, 0.2) is 0 Å². The number of methoxy groups -OCH3 is 1. The van der Waals surface area contributed by atoms with E-state index in [1.165, 1.54) is 11.1 Å². The molecule has 144 valence electrons. The van der Waals surface area contributed by atoms with Crippen molar-refractivity contribution in [3.8, 4) is 5.75 Å². The van der Waals surface area contributed by atoms with Crippen LogP contribution in [0.4, 0.5) is 5.82 Å². The van der Waals surface area contributed by atoms with Gasteiger partial charge in [-0.3, -0.25) is 4.90 Å². The molecule has 0 aliphatic carbocycles. The van der Waals surface area contributed by atoms with Crippen molar-refractivity contribution < 1.29 is 4.74 Å². The average molecular weight is 374 g/mol. The van der Waals surface area contributed by atoms with E-state index in [1.54, 1.807) is 7.11 Å². The lowest BCUT2D eigenvalue weighted by atomic mass is 9.88. The van der Waals surface area contributed by atoms with Crippen molar-refractivity contribution in [2.45, 2.75) is 13.0 Å². The molecule has 0 radical (unpaired) electrons. The van der Waals surface area contributed by atoms with Crippen LogP contribution in [0, 0.1) is 18.8 Å². The van der Waals surface area contributed by atoms with Gasteiger partial charge in [-0.2, -0.15) is 0 Å². The fraction of sp³-hybridized carbons (Fsp3) is 0.375. The summed E-state index contributed by atoms with van der Waals surface area (Å²) in [6.07, 6.45) is 0. The van der Waals surface area contributed by atoms with Crippen LogP contribution >= 0.6 is 0 Å². The minimum Gasteiger partial charge on any atom is -0.494 e. The predicted molar refractivity (Wildman–Crippen MR) is 114 cm³/mol. The summed E-state index contributed by atoms with van der Waals surface area (Å²) in [5.41, 5.74) is 3.83. The van der Waals surface area contributed by atoms with E-state index in [-0.39, 0.29) is 0 Å². The first-order chi connectivity index (χ1) is 13.7. The number of anilines is 1. The Morgan fingerprint density at radius 1 is 0.964 bits per heavy atom. The summed E-state index contributed by atoms with van der Waals surface area (Å²) in [5, 5.41) is 1.13. The molecule has 4 heteroatoms. The van der Waals surface area contributed by atoms with E-state index in [0.717, 1.165) is 42.1 Å². The van der Waals surface area contributed by atoms with Crippen LogP contribution in [-0.4, -0.2) is 43.7 Å². The summed E-state index contributed by atoms with van der Waals surface area (Å²) < 4.78 is 5.53. The van der Waals surface area contributed by atoms with E-state index in [0.29, 0.717) is 17.9 Å². The van der Waals surface area contributed by atoms with Crippen LogP contribution in [0.2, 0.25) is 0 Å². The lowest BCUT2D eigenvalue weighted by molar-refractivity contribution is 0.279. The van der Waals surface area contributed by atoms with Crippen molar-refractivity contribution in [1.82, 2.24) is 9.88 Å². The smallest absolute Gasteiger partial charge is 0.145 e. The van der Waals surface area contributed by atoms with E-state index in [4.69, 9.17) is 9.72 Å². The number of nitrogens with zero attached hydrogens (tertiary/aromatic N) is 3. The van der Waals surface area contributed by atoms with Crippen molar-refractivity contribution in [3.05, 3.63) is 65.7 Å². The molecular weight excluding hydrogens is 346 g/mol. The van der Waals surface area contributed by atoms with Crippen LogP contribution in [0.15, 0.2) is 54.6 Å². The molecule has 2 aromatic carbocycles. The molecule has 0 saturated carbocycles. The lowest BCUT2D eigenvalue weighted by Crippen LogP contribution is -2.29.